The lowest BCUT2D eigenvalue weighted by molar-refractivity contribution is 0.104. The molecule has 0 atom stereocenters. The van der Waals surface area contributed by atoms with Crippen molar-refractivity contribution in [2.24, 2.45) is 0 Å². The smallest absolute Gasteiger partial charge is 0.191 e. The second kappa shape index (κ2) is 6.10. The van der Waals surface area contributed by atoms with Gasteiger partial charge in [-0.3, -0.25) is 4.79 Å². The zero-order chi connectivity index (χ0) is 13.7. The van der Waals surface area contributed by atoms with Crippen molar-refractivity contribution < 1.29 is 14.3 Å². The molecular weight excluding hydrogens is 230 g/mol. The van der Waals surface area contributed by atoms with Gasteiger partial charge in [0.25, 0.3) is 0 Å². The molecule has 1 rings (SSSR count). The number of hydrogen-bond donors (Lipinski definition) is 0. The van der Waals surface area contributed by atoms with Crippen LogP contribution in [0.4, 0.5) is 0 Å². The van der Waals surface area contributed by atoms with E-state index in [4.69, 9.17) is 9.47 Å². The van der Waals surface area contributed by atoms with Gasteiger partial charge in [-0.1, -0.05) is 0 Å². The standard InChI is InChI=1S/C14H19NO3/c1-10-8-11(17-4)9-13(18-5)14(10)12(16)6-7-15(2)3/h6-9H,1-5H3/b7-6+. The van der Waals surface area contributed by atoms with Gasteiger partial charge >= 0.3 is 0 Å². The van der Waals surface area contributed by atoms with Crippen molar-refractivity contribution in [3.8, 4) is 11.5 Å². The summed E-state index contributed by atoms with van der Waals surface area (Å²) < 4.78 is 10.4. The Morgan fingerprint density at radius 2 is 1.89 bits per heavy atom. The van der Waals surface area contributed by atoms with E-state index in [9.17, 15) is 4.79 Å². The fourth-order valence-electron chi connectivity index (χ4n) is 1.62. The van der Waals surface area contributed by atoms with E-state index in [1.165, 1.54) is 6.08 Å². The molecule has 0 aliphatic carbocycles. The molecule has 4 nitrogen and oxygen atoms in total. The van der Waals surface area contributed by atoms with Crippen LogP contribution in [0.5, 0.6) is 11.5 Å². The van der Waals surface area contributed by atoms with Crippen LogP contribution in [0.3, 0.4) is 0 Å². The molecule has 0 bridgehead atoms. The Kier molecular flexibility index (Phi) is 4.77. The molecule has 0 saturated heterocycles. The monoisotopic (exact) mass is 249 g/mol. The van der Waals surface area contributed by atoms with Crippen molar-refractivity contribution in [1.29, 1.82) is 0 Å². The normalized spacial score (nSPS) is 10.5. The predicted octanol–water partition coefficient (Wildman–Crippen LogP) is 2.27. The molecule has 0 N–H and O–H groups in total. The summed E-state index contributed by atoms with van der Waals surface area (Å²) in [6, 6.07) is 3.53. The number of ether oxygens (including phenoxy) is 2. The van der Waals surface area contributed by atoms with Crippen LogP contribution in [-0.2, 0) is 0 Å². The van der Waals surface area contributed by atoms with Gasteiger partial charge in [0.05, 0.1) is 19.8 Å². The van der Waals surface area contributed by atoms with Crippen LogP contribution in [0, 0.1) is 6.92 Å². The van der Waals surface area contributed by atoms with E-state index in [2.05, 4.69) is 0 Å². The highest BCUT2D eigenvalue weighted by Crippen LogP contribution is 2.28. The summed E-state index contributed by atoms with van der Waals surface area (Å²) in [6.45, 7) is 1.86. The number of benzene rings is 1. The molecule has 0 unspecified atom stereocenters. The van der Waals surface area contributed by atoms with Crippen LogP contribution in [-0.4, -0.2) is 39.0 Å². The topological polar surface area (TPSA) is 38.8 Å². The van der Waals surface area contributed by atoms with Gasteiger partial charge in [0.2, 0.25) is 0 Å². The molecule has 98 valence electrons. The van der Waals surface area contributed by atoms with Gasteiger partial charge in [0.1, 0.15) is 11.5 Å². The second-order valence-corrected chi connectivity index (χ2v) is 4.17. The van der Waals surface area contributed by atoms with Crippen LogP contribution in [0.1, 0.15) is 15.9 Å². The molecule has 0 aliphatic rings. The minimum Gasteiger partial charge on any atom is -0.497 e. The van der Waals surface area contributed by atoms with Gasteiger partial charge in [-0.05, 0) is 18.6 Å². The first-order valence-electron chi connectivity index (χ1n) is 5.61. The summed E-state index contributed by atoms with van der Waals surface area (Å²) in [5.74, 6) is 1.12. The second-order valence-electron chi connectivity index (χ2n) is 4.17. The Morgan fingerprint density at radius 1 is 1.22 bits per heavy atom. The molecule has 1 aromatic carbocycles. The Balaban J connectivity index is 3.19. The summed E-state index contributed by atoms with van der Waals surface area (Å²) >= 11 is 0. The molecule has 0 fully saturated rings. The summed E-state index contributed by atoms with van der Waals surface area (Å²) in [7, 11) is 6.85. The van der Waals surface area contributed by atoms with E-state index >= 15 is 0 Å². The zero-order valence-electron chi connectivity index (χ0n) is 11.5. The van der Waals surface area contributed by atoms with Gasteiger partial charge in [0.15, 0.2) is 5.78 Å². The fourth-order valence-corrected chi connectivity index (χ4v) is 1.62. The number of ketones is 1. The molecule has 0 amide bonds. The number of allylic oxidation sites excluding steroid dienone is 1. The molecule has 0 spiro atoms. The molecular formula is C14H19NO3. The van der Waals surface area contributed by atoms with Crippen LogP contribution in [0.2, 0.25) is 0 Å². The number of nitrogens with zero attached hydrogens (tertiary/aromatic N) is 1. The summed E-state index contributed by atoms with van der Waals surface area (Å²) in [6.07, 6.45) is 3.24. The molecule has 1 aromatic rings. The predicted molar refractivity (Wildman–Crippen MR) is 71.4 cm³/mol. The Morgan fingerprint density at radius 3 is 2.39 bits per heavy atom. The number of carbonyl (C=O) groups is 1. The largest absolute Gasteiger partial charge is 0.497 e. The highest BCUT2D eigenvalue weighted by atomic mass is 16.5. The number of methoxy groups -OCH3 is 2. The maximum atomic E-state index is 12.1. The first-order valence-corrected chi connectivity index (χ1v) is 5.61. The zero-order valence-corrected chi connectivity index (χ0v) is 11.5. The number of carbonyl (C=O) groups excluding carboxylic acids is 1. The Hall–Kier alpha value is -1.97. The molecule has 0 saturated carbocycles. The average Bonchev–Trinajstić information content (AvgIpc) is 2.34. The highest BCUT2D eigenvalue weighted by molar-refractivity contribution is 6.07. The Labute approximate surface area is 108 Å². The SMILES string of the molecule is COc1cc(C)c(C(=O)/C=C/N(C)C)c(OC)c1. The Bertz CT molecular complexity index is 464. The van der Waals surface area contributed by atoms with Crippen LogP contribution < -0.4 is 9.47 Å². The van der Waals surface area contributed by atoms with Crippen molar-refractivity contribution >= 4 is 5.78 Å². The molecule has 0 aromatic heterocycles. The summed E-state index contributed by atoms with van der Waals surface area (Å²) in [5.41, 5.74) is 1.40. The summed E-state index contributed by atoms with van der Waals surface area (Å²) in [5, 5.41) is 0. The van der Waals surface area contributed by atoms with Gasteiger partial charge < -0.3 is 14.4 Å². The quantitative estimate of drug-likeness (QED) is 0.593. The van der Waals surface area contributed by atoms with Gasteiger partial charge in [-0.15, -0.1) is 0 Å². The average molecular weight is 249 g/mol. The van der Waals surface area contributed by atoms with Crippen LogP contribution >= 0.6 is 0 Å². The van der Waals surface area contributed by atoms with Crippen molar-refractivity contribution in [3.63, 3.8) is 0 Å². The third kappa shape index (κ3) is 3.26. The highest BCUT2D eigenvalue weighted by Gasteiger charge is 2.14. The maximum absolute atomic E-state index is 12.1. The molecule has 18 heavy (non-hydrogen) atoms. The lowest BCUT2D eigenvalue weighted by atomic mass is 10.0. The van der Waals surface area contributed by atoms with Crippen molar-refractivity contribution in [2.45, 2.75) is 6.92 Å². The van der Waals surface area contributed by atoms with E-state index in [1.54, 1.807) is 26.5 Å². The van der Waals surface area contributed by atoms with E-state index in [-0.39, 0.29) is 5.78 Å². The van der Waals surface area contributed by atoms with Crippen LogP contribution in [0.25, 0.3) is 0 Å². The molecule has 0 radical (unpaired) electrons. The number of hydrogen-bond acceptors (Lipinski definition) is 4. The third-order valence-corrected chi connectivity index (χ3v) is 2.50. The van der Waals surface area contributed by atoms with Crippen LogP contribution in [0.15, 0.2) is 24.4 Å². The van der Waals surface area contributed by atoms with Crippen molar-refractivity contribution in [2.75, 3.05) is 28.3 Å². The van der Waals surface area contributed by atoms with Crippen molar-refractivity contribution in [1.82, 2.24) is 4.90 Å². The fraction of sp³-hybridized carbons (Fsp3) is 0.357. The van der Waals surface area contributed by atoms with E-state index in [0.717, 1.165) is 5.56 Å². The van der Waals surface area contributed by atoms with E-state index in [0.29, 0.717) is 17.1 Å². The lowest BCUT2D eigenvalue weighted by Gasteiger charge is -2.12. The first-order chi connectivity index (χ1) is 8.49. The number of rotatable bonds is 5. The number of aryl methyl sites for hydroxylation is 1. The minimum atomic E-state index is -0.0827. The van der Waals surface area contributed by atoms with Crippen molar-refractivity contribution in [3.05, 3.63) is 35.5 Å². The third-order valence-electron chi connectivity index (χ3n) is 2.50. The molecule has 0 aliphatic heterocycles. The van der Waals surface area contributed by atoms with Gasteiger partial charge in [-0.2, -0.15) is 0 Å². The van der Waals surface area contributed by atoms with Gasteiger partial charge in [-0.25, -0.2) is 0 Å². The maximum Gasteiger partial charge on any atom is 0.191 e. The van der Waals surface area contributed by atoms with Gasteiger partial charge in [0, 0.05) is 32.4 Å². The molecule has 4 heteroatoms. The summed E-state index contributed by atoms with van der Waals surface area (Å²) in [4.78, 5) is 13.9. The minimum absolute atomic E-state index is 0.0827. The first kappa shape index (κ1) is 14.1. The molecule has 0 heterocycles. The lowest BCUT2D eigenvalue weighted by Crippen LogP contribution is -2.06. The van der Waals surface area contributed by atoms with E-state index < -0.39 is 0 Å². The van der Waals surface area contributed by atoms with E-state index in [1.807, 2.05) is 32.0 Å².